The lowest BCUT2D eigenvalue weighted by atomic mass is 9.94. The second-order valence-electron chi connectivity index (χ2n) is 4.26. The normalized spacial score (nSPS) is 18.9. The number of rotatable bonds is 2. The summed E-state index contributed by atoms with van der Waals surface area (Å²) in [7, 11) is 0. The molecule has 0 spiro atoms. The fourth-order valence-electron chi connectivity index (χ4n) is 1.86. The fourth-order valence-corrected chi connectivity index (χ4v) is 1.86. The SMILES string of the molecule is CC(=O)Oc1ccc(C2=NNC(=O)CC2C)cc1. The summed E-state index contributed by atoms with van der Waals surface area (Å²) < 4.78 is 4.95. The summed E-state index contributed by atoms with van der Waals surface area (Å²) >= 11 is 0. The van der Waals surface area contributed by atoms with E-state index in [1.165, 1.54) is 6.92 Å². The second kappa shape index (κ2) is 5.00. The van der Waals surface area contributed by atoms with E-state index in [2.05, 4.69) is 10.5 Å². The van der Waals surface area contributed by atoms with Crippen molar-refractivity contribution in [3.8, 4) is 5.75 Å². The van der Waals surface area contributed by atoms with Crippen molar-refractivity contribution >= 4 is 17.6 Å². The van der Waals surface area contributed by atoms with Crippen LogP contribution in [0, 0.1) is 5.92 Å². The van der Waals surface area contributed by atoms with Gasteiger partial charge in [0.25, 0.3) is 0 Å². The van der Waals surface area contributed by atoms with Crippen LogP contribution in [0.25, 0.3) is 0 Å². The van der Waals surface area contributed by atoms with Crippen molar-refractivity contribution in [3.63, 3.8) is 0 Å². The maximum atomic E-state index is 11.2. The van der Waals surface area contributed by atoms with E-state index in [1.54, 1.807) is 12.1 Å². The summed E-state index contributed by atoms with van der Waals surface area (Å²) in [6, 6.07) is 7.07. The van der Waals surface area contributed by atoms with Crippen LogP contribution < -0.4 is 10.2 Å². The predicted molar refractivity (Wildman–Crippen MR) is 66.2 cm³/mol. The lowest BCUT2D eigenvalue weighted by Gasteiger charge is -2.19. The maximum absolute atomic E-state index is 11.2. The molecule has 5 heteroatoms. The van der Waals surface area contributed by atoms with E-state index in [0.29, 0.717) is 12.2 Å². The molecule has 1 aromatic rings. The van der Waals surface area contributed by atoms with Gasteiger partial charge in [0, 0.05) is 19.3 Å². The topological polar surface area (TPSA) is 67.8 Å². The Labute approximate surface area is 105 Å². The highest BCUT2D eigenvalue weighted by molar-refractivity contribution is 6.05. The standard InChI is InChI=1S/C13H14N2O3/c1-8-7-12(17)14-15-13(8)10-3-5-11(6-4-10)18-9(2)16/h3-6,8H,7H2,1-2H3,(H,14,17). The average molecular weight is 246 g/mol. The number of hydrazone groups is 1. The molecule has 94 valence electrons. The molecule has 1 amide bonds. The van der Waals surface area contributed by atoms with Crippen LogP contribution in [0.3, 0.4) is 0 Å². The third-order valence-electron chi connectivity index (χ3n) is 2.67. The van der Waals surface area contributed by atoms with Crippen molar-refractivity contribution in [2.24, 2.45) is 11.0 Å². The Kier molecular flexibility index (Phi) is 3.41. The molecule has 0 radical (unpaired) electrons. The molecule has 0 saturated carbocycles. The lowest BCUT2D eigenvalue weighted by molar-refractivity contribution is -0.131. The Hall–Kier alpha value is -2.17. The first kappa shape index (κ1) is 12.3. The van der Waals surface area contributed by atoms with Crippen LogP contribution in [-0.2, 0) is 9.59 Å². The van der Waals surface area contributed by atoms with Crippen molar-refractivity contribution in [3.05, 3.63) is 29.8 Å². The van der Waals surface area contributed by atoms with Gasteiger partial charge >= 0.3 is 5.97 Å². The van der Waals surface area contributed by atoms with Crippen LogP contribution >= 0.6 is 0 Å². The number of nitrogens with zero attached hydrogens (tertiary/aromatic N) is 1. The second-order valence-corrected chi connectivity index (χ2v) is 4.26. The number of ether oxygens (including phenoxy) is 1. The molecular weight excluding hydrogens is 232 g/mol. The van der Waals surface area contributed by atoms with Crippen molar-refractivity contribution in [2.45, 2.75) is 20.3 Å². The molecule has 18 heavy (non-hydrogen) atoms. The summed E-state index contributed by atoms with van der Waals surface area (Å²) in [5, 5.41) is 4.06. The van der Waals surface area contributed by atoms with Crippen LogP contribution in [0.5, 0.6) is 5.75 Å². The lowest BCUT2D eigenvalue weighted by Crippen LogP contribution is -2.31. The minimum absolute atomic E-state index is 0.0669. The number of hydrogen-bond acceptors (Lipinski definition) is 4. The van der Waals surface area contributed by atoms with Gasteiger partial charge in [0.1, 0.15) is 5.75 Å². The molecule has 1 atom stereocenters. The first-order valence-corrected chi connectivity index (χ1v) is 5.71. The molecule has 0 saturated heterocycles. The van der Waals surface area contributed by atoms with Gasteiger partial charge in [0.05, 0.1) is 5.71 Å². The van der Waals surface area contributed by atoms with Gasteiger partial charge in [-0.3, -0.25) is 9.59 Å². The fraction of sp³-hybridized carbons (Fsp3) is 0.308. The van der Waals surface area contributed by atoms with Crippen molar-refractivity contribution in [1.82, 2.24) is 5.43 Å². The van der Waals surface area contributed by atoms with Gasteiger partial charge < -0.3 is 4.74 Å². The largest absolute Gasteiger partial charge is 0.427 e. The molecule has 1 aliphatic rings. The molecule has 2 rings (SSSR count). The number of esters is 1. The zero-order chi connectivity index (χ0) is 13.1. The molecule has 0 fully saturated rings. The third-order valence-corrected chi connectivity index (χ3v) is 2.67. The van der Waals surface area contributed by atoms with Gasteiger partial charge in [0.2, 0.25) is 5.91 Å². The van der Waals surface area contributed by atoms with Crippen LogP contribution in [0.1, 0.15) is 25.8 Å². The highest BCUT2D eigenvalue weighted by Gasteiger charge is 2.21. The molecule has 1 heterocycles. The van der Waals surface area contributed by atoms with Gasteiger partial charge in [-0.25, -0.2) is 5.43 Å². The number of carbonyl (C=O) groups is 2. The first-order chi connectivity index (χ1) is 8.56. The molecule has 0 bridgehead atoms. The molecule has 1 aliphatic heterocycles. The summed E-state index contributed by atoms with van der Waals surface area (Å²) in [5.41, 5.74) is 4.22. The molecule has 0 aliphatic carbocycles. The summed E-state index contributed by atoms with van der Waals surface area (Å²) in [6.45, 7) is 3.31. The van der Waals surface area contributed by atoms with Crippen LogP contribution in [0.4, 0.5) is 0 Å². The minimum atomic E-state index is -0.349. The van der Waals surface area contributed by atoms with E-state index in [0.717, 1.165) is 11.3 Å². The minimum Gasteiger partial charge on any atom is -0.427 e. The Balaban J connectivity index is 2.19. The zero-order valence-electron chi connectivity index (χ0n) is 10.3. The predicted octanol–water partition coefficient (Wildman–Crippen LogP) is 1.47. The van der Waals surface area contributed by atoms with Crippen LogP contribution in [0.2, 0.25) is 0 Å². The van der Waals surface area contributed by atoms with E-state index in [9.17, 15) is 9.59 Å². The van der Waals surface area contributed by atoms with Gasteiger partial charge in [-0.1, -0.05) is 6.92 Å². The highest BCUT2D eigenvalue weighted by Crippen LogP contribution is 2.19. The van der Waals surface area contributed by atoms with Crippen LogP contribution in [0.15, 0.2) is 29.4 Å². The summed E-state index contributed by atoms with van der Waals surface area (Å²) in [6.07, 6.45) is 0.435. The van der Waals surface area contributed by atoms with E-state index in [-0.39, 0.29) is 17.8 Å². The van der Waals surface area contributed by atoms with Crippen molar-refractivity contribution < 1.29 is 14.3 Å². The van der Waals surface area contributed by atoms with E-state index < -0.39 is 0 Å². The number of hydrogen-bond donors (Lipinski definition) is 1. The number of amides is 1. The molecular formula is C13H14N2O3. The van der Waals surface area contributed by atoms with Crippen LogP contribution in [-0.4, -0.2) is 17.6 Å². The number of nitrogens with one attached hydrogen (secondary N) is 1. The molecule has 1 N–H and O–H groups in total. The monoisotopic (exact) mass is 246 g/mol. The van der Waals surface area contributed by atoms with Crippen molar-refractivity contribution in [1.29, 1.82) is 0 Å². The van der Waals surface area contributed by atoms with E-state index in [1.807, 2.05) is 19.1 Å². The molecule has 1 aromatic carbocycles. The maximum Gasteiger partial charge on any atom is 0.308 e. The Bertz CT molecular complexity index is 505. The summed E-state index contributed by atoms with van der Waals surface area (Å²) in [4.78, 5) is 21.9. The molecule has 5 nitrogen and oxygen atoms in total. The average Bonchev–Trinajstić information content (AvgIpc) is 2.30. The van der Waals surface area contributed by atoms with Crippen molar-refractivity contribution in [2.75, 3.05) is 0 Å². The third kappa shape index (κ3) is 2.74. The Morgan fingerprint density at radius 3 is 2.61 bits per heavy atom. The first-order valence-electron chi connectivity index (χ1n) is 5.71. The van der Waals surface area contributed by atoms with Gasteiger partial charge in [-0.05, 0) is 29.8 Å². The van der Waals surface area contributed by atoms with E-state index in [4.69, 9.17) is 4.74 Å². The Morgan fingerprint density at radius 2 is 2.06 bits per heavy atom. The van der Waals surface area contributed by atoms with Gasteiger partial charge in [0.15, 0.2) is 0 Å². The number of carbonyl (C=O) groups excluding carboxylic acids is 2. The highest BCUT2D eigenvalue weighted by atomic mass is 16.5. The smallest absolute Gasteiger partial charge is 0.308 e. The zero-order valence-corrected chi connectivity index (χ0v) is 10.3. The van der Waals surface area contributed by atoms with Gasteiger partial charge in [-0.2, -0.15) is 5.10 Å². The molecule has 1 unspecified atom stereocenters. The van der Waals surface area contributed by atoms with E-state index >= 15 is 0 Å². The number of benzene rings is 1. The molecule has 0 aromatic heterocycles. The Morgan fingerprint density at radius 1 is 1.39 bits per heavy atom. The quantitative estimate of drug-likeness (QED) is 0.634. The summed E-state index contributed by atoms with van der Waals surface area (Å²) in [5.74, 6) is 0.166. The van der Waals surface area contributed by atoms with Gasteiger partial charge in [-0.15, -0.1) is 0 Å².